The zero-order valence-electron chi connectivity index (χ0n) is 15.9. The summed E-state index contributed by atoms with van der Waals surface area (Å²) in [6.07, 6.45) is 0.221. The van der Waals surface area contributed by atoms with Gasteiger partial charge in [0.05, 0.1) is 11.1 Å². The Kier molecular flexibility index (Phi) is 6.32. The molecule has 0 fully saturated rings. The molecule has 2 aromatic heterocycles. The molecule has 5 nitrogen and oxygen atoms in total. The van der Waals surface area contributed by atoms with Crippen LogP contribution in [0.4, 0.5) is 24.7 Å². The molecule has 0 aliphatic rings. The highest BCUT2D eigenvalue weighted by Gasteiger charge is 2.33. The van der Waals surface area contributed by atoms with Crippen LogP contribution in [0.25, 0.3) is 0 Å². The normalized spacial score (nSPS) is 10.7. The first-order chi connectivity index (χ1) is 14.4. The maximum Gasteiger partial charge on any atom is 0.417 e. The standard InChI is InChI=1S/C22H17F3N4O/c1-2-4-16-6-7-17(13-19(16)22(23,24)25)29-21(30)18-5-3-10-27-20(18)28-14-15-8-11-26-12-9-15/h3,5-13H,14H2,1H3,(H,27,28)(H,29,30). The van der Waals surface area contributed by atoms with Gasteiger partial charge in [-0.1, -0.05) is 5.92 Å². The molecule has 0 atom stereocenters. The van der Waals surface area contributed by atoms with Gasteiger partial charge in [-0.3, -0.25) is 9.78 Å². The summed E-state index contributed by atoms with van der Waals surface area (Å²) in [6.45, 7) is 1.86. The fourth-order valence-corrected chi connectivity index (χ4v) is 2.71. The van der Waals surface area contributed by atoms with E-state index in [9.17, 15) is 18.0 Å². The Balaban J connectivity index is 1.82. The highest BCUT2D eigenvalue weighted by Crippen LogP contribution is 2.33. The monoisotopic (exact) mass is 410 g/mol. The van der Waals surface area contributed by atoms with Crippen LogP contribution in [0.3, 0.4) is 0 Å². The third-order valence-electron chi connectivity index (χ3n) is 4.10. The molecule has 0 unspecified atom stereocenters. The third kappa shape index (κ3) is 5.14. The van der Waals surface area contributed by atoms with Crippen molar-refractivity contribution >= 4 is 17.4 Å². The smallest absolute Gasteiger partial charge is 0.365 e. The molecule has 30 heavy (non-hydrogen) atoms. The number of anilines is 2. The van der Waals surface area contributed by atoms with Crippen LogP contribution in [0.5, 0.6) is 0 Å². The first-order valence-electron chi connectivity index (χ1n) is 8.91. The predicted molar refractivity (Wildman–Crippen MR) is 108 cm³/mol. The number of carbonyl (C=O) groups excluding carboxylic acids is 1. The summed E-state index contributed by atoms with van der Waals surface area (Å²) >= 11 is 0. The Morgan fingerprint density at radius 1 is 1.10 bits per heavy atom. The number of aromatic nitrogens is 2. The van der Waals surface area contributed by atoms with Crippen LogP contribution in [0.2, 0.25) is 0 Å². The average Bonchev–Trinajstić information content (AvgIpc) is 2.73. The van der Waals surface area contributed by atoms with E-state index in [1.165, 1.54) is 25.3 Å². The van der Waals surface area contributed by atoms with Crippen molar-refractivity contribution in [2.45, 2.75) is 19.6 Å². The minimum absolute atomic E-state index is 0.0120. The molecular formula is C22H17F3N4O. The zero-order chi connectivity index (χ0) is 21.6. The molecule has 1 amide bonds. The lowest BCUT2D eigenvalue weighted by Crippen LogP contribution is -2.17. The van der Waals surface area contributed by atoms with Gasteiger partial charge < -0.3 is 10.6 Å². The van der Waals surface area contributed by atoms with Crippen LogP contribution >= 0.6 is 0 Å². The number of nitrogens with zero attached hydrogens (tertiary/aromatic N) is 2. The van der Waals surface area contributed by atoms with Gasteiger partial charge in [-0.2, -0.15) is 13.2 Å². The maximum atomic E-state index is 13.3. The molecule has 8 heteroatoms. The van der Waals surface area contributed by atoms with Gasteiger partial charge in [-0.15, -0.1) is 5.92 Å². The van der Waals surface area contributed by atoms with E-state index in [0.717, 1.165) is 11.6 Å². The van der Waals surface area contributed by atoms with Gasteiger partial charge in [0.15, 0.2) is 0 Å². The second kappa shape index (κ2) is 9.09. The molecule has 0 spiro atoms. The van der Waals surface area contributed by atoms with E-state index >= 15 is 0 Å². The Morgan fingerprint density at radius 3 is 2.57 bits per heavy atom. The Morgan fingerprint density at radius 2 is 1.87 bits per heavy atom. The average molecular weight is 410 g/mol. The lowest BCUT2D eigenvalue weighted by Gasteiger charge is -2.14. The number of halogens is 3. The highest BCUT2D eigenvalue weighted by atomic mass is 19.4. The highest BCUT2D eigenvalue weighted by molar-refractivity contribution is 6.07. The molecule has 1 aromatic carbocycles. The van der Waals surface area contributed by atoms with Crippen LogP contribution in [0.15, 0.2) is 61.1 Å². The summed E-state index contributed by atoms with van der Waals surface area (Å²) < 4.78 is 40.0. The summed E-state index contributed by atoms with van der Waals surface area (Å²) in [7, 11) is 0. The van der Waals surface area contributed by atoms with Crippen LogP contribution in [-0.2, 0) is 12.7 Å². The lowest BCUT2D eigenvalue weighted by molar-refractivity contribution is -0.137. The van der Waals surface area contributed by atoms with Crippen molar-refractivity contribution in [1.82, 2.24) is 9.97 Å². The summed E-state index contributed by atoms with van der Waals surface area (Å²) in [4.78, 5) is 20.8. The topological polar surface area (TPSA) is 66.9 Å². The Hall–Kier alpha value is -3.86. The molecule has 2 N–H and O–H groups in total. The van der Waals surface area contributed by atoms with Gasteiger partial charge in [0, 0.05) is 36.4 Å². The van der Waals surface area contributed by atoms with E-state index in [0.29, 0.717) is 12.4 Å². The first kappa shape index (κ1) is 20.9. The quantitative estimate of drug-likeness (QED) is 0.597. The minimum atomic E-state index is -4.59. The van der Waals surface area contributed by atoms with Gasteiger partial charge in [0.25, 0.3) is 5.91 Å². The van der Waals surface area contributed by atoms with Crippen molar-refractivity contribution in [2.24, 2.45) is 0 Å². The SMILES string of the molecule is CC#Cc1ccc(NC(=O)c2cccnc2NCc2ccncc2)cc1C(F)(F)F. The van der Waals surface area contributed by atoms with Crippen LogP contribution < -0.4 is 10.6 Å². The van der Waals surface area contributed by atoms with Crippen LogP contribution in [0, 0.1) is 11.8 Å². The molecular weight excluding hydrogens is 393 g/mol. The predicted octanol–water partition coefficient (Wildman–Crippen LogP) is 4.73. The fraction of sp³-hybridized carbons (Fsp3) is 0.136. The van der Waals surface area contributed by atoms with Gasteiger partial charge in [-0.05, 0) is 55.0 Å². The van der Waals surface area contributed by atoms with Crippen LogP contribution in [0.1, 0.15) is 34.0 Å². The molecule has 3 rings (SSSR count). The van der Waals surface area contributed by atoms with E-state index in [4.69, 9.17) is 0 Å². The molecule has 152 valence electrons. The number of hydrogen-bond acceptors (Lipinski definition) is 4. The number of amides is 1. The molecule has 0 radical (unpaired) electrons. The van der Waals surface area contributed by atoms with E-state index in [-0.39, 0.29) is 16.8 Å². The molecule has 0 aliphatic carbocycles. The lowest BCUT2D eigenvalue weighted by atomic mass is 10.1. The second-order valence-corrected chi connectivity index (χ2v) is 6.20. The number of pyridine rings is 2. The number of alkyl halides is 3. The largest absolute Gasteiger partial charge is 0.417 e. The minimum Gasteiger partial charge on any atom is -0.365 e. The van der Waals surface area contributed by atoms with Crippen molar-refractivity contribution < 1.29 is 18.0 Å². The third-order valence-corrected chi connectivity index (χ3v) is 4.10. The molecule has 0 aliphatic heterocycles. The van der Waals surface area contributed by atoms with Crippen LogP contribution in [-0.4, -0.2) is 15.9 Å². The number of benzene rings is 1. The molecule has 0 bridgehead atoms. The van der Waals surface area contributed by atoms with Crippen molar-refractivity contribution in [2.75, 3.05) is 10.6 Å². The zero-order valence-corrected chi connectivity index (χ0v) is 15.9. The molecule has 0 saturated carbocycles. The van der Waals surface area contributed by atoms with Gasteiger partial charge in [-0.25, -0.2) is 4.98 Å². The summed E-state index contributed by atoms with van der Waals surface area (Å²) in [5.41, 5.74) is 0.0980. The summed E-state index contributed by atoms with van der Waals surface area (Å²) in [6, 6.07) is 10.2. The molecule has 3 aromatic rings. The Bertz CT molecular complexity index is 1100. The van der Waals surface area contributed by atoms with Crippen molar-refractivity contribution in [3.05, 3.63) is 83.3 Å². The van der Waals surface area contributed by atoms with E-state index < -0.39 is 17.6 Å². The van der Waals surface area contributed by atoms with E-state index in [1.807, 2.05) is 12.1 Å². The first-order valence-corrected chi connectivity index (χ1v) is 8.91. The van der Waals surface area contributed by atoms with Crippen molar-refractivity contribution in [3.8, 4) is 11.8 Å². The fourth-order valence-electron chi connectivity index (χ4n) is 2.71. The van der Waals surface area contributed by atoms with Crippen molar-refractivity contribution in [3.63, 3.8) is 0 Å². The second-order valence-electron chi connectivity index (χ2n) is 6.20. The van der Waals surface area contributed by atoms with Gasteiger partial charge in [0.2, 0.25) is 0 Å². The Labute approximate surface area is 171 Å². The van der Waals surface area contributed by atoms with Gasteiger partial charge in [0.1, 0.15) is 5.82 Å². The van der Waals surface area contributed by atoms with E-state index in [2.05, 4.69) is 32.4 Å². The van der Waals surface area contributed by atoms with E-state index in [1.54, 1.807) is 24.5 Å². The summed E-state index contributed by atoms with van der Waals surface area (Å²) in [5.74, 6) is 4.62. The summed E-state index contributed by atoms with van der Waals surface area (Å²) in [5, 5.41) is 5.56. The maximum absolute atomic E-state index is 13.3. The number of hydrogen-bond donors (Lipinski definition) is 2. The van der Waals surface area contributed by atoms with Crippen molar-refractivity contribution in [1.29, 1.82) is 0 Å². The van der Waals surface area contributed by atoms with Gasteiger partial charge >= 0.3 is 6.18 Å². The molecule has 0 saturated heterocycles. The molecule has 2 heterocycles. The number of carbonyl (C=O) groups is 1. The number of rotatable bonds is 5. The number of nitrogens with one attached hydrogen (secondary N) is 2.